The molecular formula is CH7F5. The molecule has 0 saturated carbocycles. The highest BCUT2D eigenvalue weighted by Crippen LogP contribution is 1.16. The lowest BCUT2D eigenvalue weighted by molar-refractivity contribution is 0.636. The minimum atomic E-state index is 0. The van der Waals surface area contributed by atoms with Crippen LogP contribution in [0.3, 0.4) is 0 Å². The SMILES string of the molecule is CF.F.F.F.F. The van der Waals surface area contributed by atoms with Crippen LogP contribution in [-0.4, -0.2) is 7.18 Å². The van der Waals surface area contributed by atoms with Gasteiger partial charge in [-0.25, -0.2) is 0 Å². The topological polar surface area (TPSA) is 0 Å². The second-order valence-electron chi connectivity index (χ2n) is 0. The van der Waals surface area contributed by atoms with Crippen molar-refractivity contribution in [2.75, 3.05) is 7.18 Å². The molecule has 0 saturated heterocycles. The van der Waals surface area contributed by atoms with Crippen molar-refractivity contribution >= 4 is 0 Å². The molecule has 0 fully saturated rings. The molecule has 0 aromatic rings. The first-order valence-electron chi connectivity index (χ1n) is 0.378. The average Bonchev–Trinajstić information content (AvgIpc) is 1.00. The van der Waals surface area contributed by atoms with Gasteiger partial charge in [0, 0.05) is 0 Å². The van der Waals surface area contributed by atoms with Gasteiger partial charge < -0.3 is 0 Å². The van der Waals surface area contributed by atoms with Crippen molar-refractivity contribution in [1.82, 2.24) is 0 Å². The monoisotopic (exact) mass is 114 g/mol. The second-order valence-corrected chi connectivity index (χ2v) is 0. The smallest absolute Gasteiger partial charge is 0.0785 e. The van der Waals surface area contributed by atoms with Crippen molar-refractivity contribution in [2.24, 2.45) is 0 Å². The fourth-order valence-corrected chi connectivity index (χ4v) is 0. The highest BCUT2D eigenvalue weighted by atomic mass is 19.1. The highest BCUT2D eigenvalue weighted by molar-refractivity contribution is 3.23. The van der Waals surface area contributed by atoms with E-state index in [0.29, 0.717) is 7.18 Å². The number of alkyl halides is 1. The first-order chi connectivity index (χ1) is 1.00. The second kappa shape index (κ2) is 506. The molecule has 0 bridgehead atoms. The summed E-state index contributed by atoms with van der Waals surface area (Å²) in [5.74, 6) is 0. The zero-order chi connectivity index (χ0) is 2.00. The Hall–Kier alpha value is -0.350. The van der Waals surface area contributed by atoms with Crippen molar-refractivity contribution in [1.29, 1.82) is 0 Å². The molecule has 0 aliphatic rings. The molecule has 46 valence electrons. The maximum absolute atomic E-state index is 9.50. The Kier molecular flexibility index (Phi) is 24400. The maximum Gasteiger partial charge on any atom is 0.0785 e. The molecule has 0 rings (SSSR count). The van der Waals surface area contributed by atoms with E-state index in [9.17, 15) is 4.39 Å². The zero-order valence-electron chi connectivity index (χ0n) is 3.01. The lowest BCUT2D eigenvalue weighted by Crippen LogP contribution is -0.939. The maximum atomic E-state index is 9.50. The molecule has 0 aromatic carbocycles. The van der Waals surface area contributed by atoms with Crippen molar-refractivity contribution < 1.29 is 23.2 Å². The predicted octanol–water partition coefficient (Wildman–Crippen LogP) is 1.20. The van der Waals surface area contributed by atoms with E-state index >= 15 is 0 Å². The van der Waals surface area contributed by atoms with E-state index in [1.54, 1.807) is 0 Å². The van der Waals surface area contributed by atoms with Crippen molar-refractivity contribution in [3.05, 3.63) is 0 Å². The first-order valence-corrected chi connectivity index (χ1v) is 0.378. The van der Waals surface area contributed by atoms with Gasteiger partial charge >= 0.3 is 0 Å². The zero-order valence-corrected chi connectivity index (χ0v) is 3.01. The van der Waals surface area contributed by atoms with Crippen molar-refractivity contribution in [2.45, 2.75) is 0 Å². The van der Waals surface area contributed by atoms with Gasteiger partial charge in [-0.05, 0) is 0 Å². The fraction of sp³-hybridized carbons (Fsp3) is 1.00. The largest absolute Gasteiger partial charge is 0.269 e. The normalized spacial score (nSPS) is 1.00. The van der Waals surface area contributed by atoms with E-state index in [1.165, 1.54) is 0 Å². The first kappa shape index (κ1) is 289. The van der Waals surface area contributed by atoms with Crippen LogP contribution in [0.1, 0.15) is 0 Å². The molecule has 0 unspecified atom stereocenters. The van der Waals surface area contributed by atoms with Gasteiger partial charge in [-0.15, -0.1) is 0 Å². The quantitative estimate of drug-likeness (QED) is 0.415. The van der Waals surface area contributed by atoms with Crippen LogP contribution in [0.15, 0.2) is 0 Å². The van der Waals surface area contributed by atoms with E-state index in [0.717, 1.165) is 0 Å². The van der Waals surface area contributed by atoms with E-state index in [4.69, 9.17) is 0 Å². The summed E-state index contributed by atoms with van der Waals surface area (Å²) >= 11 is 0. The Morgan fingerprint density at radius 3 is 0.667 bits per heavy atom. The molecular weight excluding hydrogens is 107 g/mol. The molecule has 0 aromatic heterocycles. The molecule has 0 heterocycles. The summed E-state index contributed by atoms with van der Waals surface area (Å²) in [6.45, 7) is 0. The number of halogens is 5. The Balaban J connectivity index is -0.000000000833. The van der Waals surface area contributed by atoms with E-state index < -0.39 is 0 Å². The Bertz CT molecular complexity index is 3.90. The molecule has 0 aliphatic carbocycles. The molecule has 0 radical (unpaired) electrons. The summed E-state index contributed by atoms with van der Waals surface area (Å²) in [6.07, 6.45) is 0. The summed E-state index contributed by atoms with van der Waals surface area (Å²) in [4.78, 5) is 0. The molecule has 0 N–H and O–H groups in total. The van der Waals surface area contributed by atoms with Crippen molar-refractivity contribution in [3.63, 3.8) is 0 Å². The lowest BCUT2D eigenvalue weighted by atomic mass is 11.9. The van der Waals surface area contributed by atoms with E-state index in [1.807, 2.05) is 0 Å². The molecule has 6 heavy (non-hydrogen) atoms. The third-order valence-corrected chi connectivity index (χ3v) is 0. The summed E-state index contributed by atoms with van der Waals surface area (Å²) in [5.41, 5.74) is 0. The minimum Gasteiger partial charge on any atom is -0.269 e. The predicted molar refractivity (Wildman–Crippen MR) is 17.0 cm³/mol. The van der Waals surface area contributed by atoms with E-state index in [2.05, 4.69) is 0 Å². The summed E-state index contributed by atoms with van der Waals surface area (Å²) in [5, 5.41) is 0. The fourth-order valence-electron chi connectivity index (χ4n) is 0. The van der Waals surface area contributed by atoms with Gasteiger partial charge in [0.2, 0.25) is 0 Å². The summed E-state index contributed by atoms with van der Waals surface area (Å²) in [6, 6.07) is 0. The minimum absolute atomic E-state index is 0. The van der Waals surface area contributed by atoms with Gasteiger partial charge in [0.1, 0.15) is 0 Å². The standard InChI is InChI=1S/CH3F.4FH/c1-2;;;;/h1H3;4*1H. The Morgan fingerprint density at radius 1 is 0.667 bits per heavy atom. The Morgan fingerprint density at radius 2 is 0.667 bits per heavy atom. The van der Waals surface area contributed by atoms with Crippen LogP contribution < -0.4 is 0 Å². The Labute approximate surface area is 31.8 Å². The molecule has 0 spiro atoms. The highest BCUT2D eigenvalue weighted by Gasteiger charge is 0.926. The van der Waals surface area contributed by atoms with Gasteiger partial charge in [0.05, 0.1) is 7.18 Å². The third kappa shape index (κ3) is 209. The summed E-state index contributed by atoms with van der Waals surface area (Å²) < 4.78 is 9.50. The van der Waals surface area contributed by atoms with Gasteiger partial charge in [0.15, 0.2) is 0 Å². The van der Waals surface area contributed by atoms with Crippen LogP contribution in [0.2, 0.25) is 0 Å². The van der Waals surface area contributed by atoms with Gasteiger partial charge in [0.25, 0.3) is 0 Å². The van der Waals surface area contributed by atoms with Gasteiger partial charge in [-0.2, -0.15) is 0 Å². The number of rotatable bonds is 0. The van der Waals surface area contributed by atoms with Crippen LogP contribution in [0.4, 0.5) is 23.2 Å². The molecule has 5 heteroatoms. The van der Waals surface area contributed by atoms with Crippen LogP contribution in [0, 0.1) is 0 Å². The van der Waals surface area contributed by atoms with Crippen LogP contribution in [0.25, 0.3) is 0 Å². The summed E-state index contributed by atoms with van der Waals surface area (Å²) in [7, 11) is 0.500. The number of hydrogen-bond acceptors (Lipinski definition) is 0. The molecule has 0 amide bonds. The van der Waals surface area contributed by atoms with Crippen LogP contribution in [0.5, 0.6) is 0 Å². The van der Waals surface area contributed by atoms with Crippen LogP contribution >= 0.6 is 0 Å². The molecule has 0 nitrogen and oxygen atoms in total. The number of hydrogen-bond donors (Lipinski definition) is 0. The van der Waals surface area contributed by atoms with Gasteiger partial charge in [-0.1, -0.05) is 0 Å². The van der Waals surface area contributed by atoms with Gasteiger partial charge in [-0.3, -0.25) is 23.2 Å². The average molecular weight is 114 g/mol. The molecule has 0 aliphatic heterocycles. The lowest BCUT2D eigenvalue weighted by Gasteiger charge is -1.10. The van der Waals surface area contributed by atoms with E-state index in [-0.39, 0.29) is 18.8 Å². The van der Waals surface area contributed by atoms with Crippen LogP contribution in [-0.2, 0) is 0 Å². The molecule has 0 atom stereocenters. The van der Waals surface area contributed by atoms with Crippen molar-refractivity contribution in [3.8, 4) is 0 Å². The third-order valence-electron chi connectivity index (χ3n) is 0.